The lowest BCUT2D eigenvalue weighted by Crippen LogP contribution is -2.28. The zero-order chi connectivity index (χ0) is 21.0. The van der Waals surface area contributed by atoms with Gasteiger partial charge in [-0.15, -0.1) is 0 Å². The van der Waals surface area contributed by atoms with Crippen LogP contribution in [0.5, 0.6) is 0 Å². The van der Waals surface area contributed by atoms with Crippen LogP contribution in [-0.4, -0.2) is 32.5 Å². The van der Waals surface area contributed by atoms with E-state index < -0.39 is 15.8 Å². The SMILES string of the molecule is CCCc1ccc(N2CC(C(=O)Nc3ccc(S(=O)(=O)CC)cc3)CC2=O)cc1. The number of carbonyl (C=O) groups excluding carboxylic acids is 2. The van der Waals surface area contributed by atoms with E-state index in [1.165, 1.54) is 17.7 Å². The molecule has 2 amide bonds. The molecule has 2 aromatic rings. The number of carbonyl (C=O) groups is 2. The highest BCUT2D eigenvalue weighted by Crippen LogP contribution is 2.27. The van der Waals surface area contributed by atoms with Gasteiger partial charge in [0.25, 0.3) is 0 Å². The second-order valence-electron chi connectivity index (χ2n) is 7.24. The van der Waals surface area contributed by atoms with Crippen molar-refractivity contribution in [2.24, 2.45) is 5.92 Å². The summed E-state index contributed by atoms with van der Waals surface area (Å²) in [5.74, 6) is -0.734. The lowest BCUT2D eigenvalue weighted by Gasteiger charge is -2.17. The highest BCUT2D eigenvalue weighted by atomic mass is 32.2. The molecule has 154 valence electrons. The number of nitrogens with one attached hydrogen (secondary N) is 1. The Balaban J connectivity index is 1.64. The van der Waals surface area contributed by atoms with Gasteiger partial charge in [0, 0.05) is 24.3 Å². The topological polar surface area (TPSA) is 83.6 Å². The Morgan fingerprint density at radius 2 is 1.72 bits per heavy atom. The molecule has 1 aliphatic rings. The molecule has 1 saturated heterocycles. The van der Waals surface area contributed by atoms with Crippen molar-refractivity contribution in [2.75, 3.05) is 22.5 Å². The number of nitrogens with zero attached hydrogens (tertiary/aromatic N) is 1. The summed E-state index contributed by atoms with van der Waals surface area (Å²) in [6.07, 6.45) is 2.22. The second kappa shape index (κ2) is 8.78. The highest BCUT2D eigenvalue weighted by molar-refractivity contribution is 7.91. The third-order valence-electron chi connectivity index (χ3n) is 5.14. The fourth-order valence-corrected chi connectivity index (χ4v) is 4.30. The number of amides is 2. The van der Waals surface area contributed by atoms with Crippen molar-refractivity contribution >= 4 is 33.0 Å². The predicted molar refractivity (Wildman–Crippen MR) is 114 cm³/mol. The van der Waals surface area contributed by atoms with Gasteiger partial charge in [-0.3, -0.25) is 9.59 Å². The van der Waals surface area contributed by atoms with E-state index in [1.54, 1.807) is 24.0 Å². The zero-order valence-electron chi connectivity index (χ0n) is 16.7. The molecule has 1 unspecified atom stereocenters. The van der Waals surface area contributed by atoms with Crippen LogP contribution in [0.1, 0.15) is 32.3 Å². The maximum Gasteiger partial charge on any atom is 0.229 e. The predicted octanol–water partition coefficient (Wildman–Crippen LogP) is 3.42. The first-order valence-electron chi connectivity index (χ1n) is 9.87. The van der Waals surface area contributed by atoms with E-state index in [1.807, 2.05) is 24.3 Å². The molecule has 3 rings (SSSR count). The molecule has 0 aliphatic carbocycles. The van der Waals surface area contributed by atoms with Crippen molar-refractivity contribution in [3.05, 3.63) is 54.1 Å². The lowest BCUT2D eigenvalue weighted by atomic mass is 10.1. The van der Waals surface area contributed by atoms with Gasteiger partial charge in [0.2, 0.25) is 11.8 Å². The van der Waals surface area contributed by atoms with E-state index in [9.17, 15) is 18.0 Å². The summed E-state index contributed by atoms with van der Waals surface area (Å²) in [5, 5.41) is 2.79. The molecule has 0 bridgehead atoms. The maximum absolute atomic E-state index is 12.6. The van der Waals surface area contributed by atoms with Crippen LogP contribution < -0.4 is 10.2 Å². The second-order valence-corrected chi connectivity index (χ2v) is 9.52. The lowest BCUT2D eigenvalue weighted by molar-refractivity contribution is -0.122. The molecule has 1 heterocycles. The molecular weight excluding hydrogens is 388 g/mol. The van der Waals surface area contributed by atoms with Crippen molar-refractivity contribution in [1.82, 2.24) is 0 Å². The summed E-state index contributed by atoms with van der Waals surface area (Å²) in [6.45, 7) is 4.04. The molecule has 1 fully saturated rings. The summed E-state index contributed by atoms with van der Waals surface area (Å²) in [4.78, 5) is 26.9. The van der Waals surface area contributed by atoms with E-state index in [4.69, 9.17) is 0 Å². The molecule has 1 aliphatic heterocycles. The van der Waals surface area contributed by atoms with E-state index in [0.29, 0.717) is 12.2 Å². The number of hydrogen-bond acceptors (Lipinski definition) is 4. The first-order chi connectivity index (χ1) is 13.8. The Labute approximate surface area is 171 Å². The van der Waals surface area contributed by atoms with Gasteiger partial charge in [-0.05, 0) is 48.4 Å². The van der Waals surface area contributed by atoms with Crippen molar-refractivity contribution in [3.63, 3.8) is 0 Å². The number of anilines is 2. The van der Waals surface area contributed by atoms with Gasteiger partial charge in [0.05, 0.1) is 16.6 Å². The summed E-state index contributed by atoms with van der Waals surface area (Å²) < 4.78 is 23.8. The Hall–Kier alpha value is -2.67. The summed E-state index contributed by atoms with van der Waals surface area (Å²) in [7, 11) is -3.28. The van der Waals surface area contributed by atoms with Gasteiger partial charge >= 0.3 is 0 Å². The third-order valence-corrected chi connectivity index (χ3v) is 6.89. The Morgan fingerprint density at radius 3 is 2.31 bits per heavy atom. The molecule has 0 radical (unpaired) electrons. The van der Waals surface area contributed by atoms with E-state index in [2.05, 4.69) is 12.2 Å². The highest BCUT2D eigenvalue weighted by Gasteiger charge is 2.35. The van der Waals surface area contributed by atoms with Gasteiger partial charge in [0.1, 0.15) is 0 Å². The average Bonchev–Trinajstić information content (AvgIpc) is 3.11. The van der Waals surface area contributed by atoms with Crippen molar-refractivity contribution in [2.45, 2.75) is 38.0 Å². The minimum atomic E-state index is -3.28. The largest absolute Gasteiger partial charge is 0.326 e. The molecule has 0 saturated carbocycles. The van der Waals surface area contributed by atoms with Crippen molar-refractivity contribution in [3.8, 4) is 0 Å². The number of rotatable bonds is 7. The van der Waals surface area contributed by atoms with Gasteiger partial charge in [0.15, 0.2) is 9.84 Å². The van der Waals surface area contributed by atoms with E-state index in [0.717, 1.165) is 18.5 Å². The first kappa shape index (κ1) is 21.0. The molecule has 0 spiro atoms. The van der Waals surface area contributed by atoms with Crippen LogP contribution in [0.2, 0.25) is 0 Å². The average molecular weight is 415 g/mol. The number of hydrogen-bond donors (Lipinski definition) is 1. The van der Waals surface area contributed by atoms with E-state index >= 15 is 0 Å². The molecule has 7 heteroatoms. The molecule has 0 aromatic heterocycles. The summed E-state index contributed by atoms with van der Waals surface area (Å²) in [5.41, 5.74) is 2.55. The molecule has 29 heavy (non-hydrogen) atoms. The van der Waals surface area contributed by atoms with Crippen molar-refractivity contribution in [1.29, 1.82) is 0 Å². The summed E-state index contributed by atoms with van der Waals surface area (Å²) in [6, 6.07) is 14.0. The van der Waals surface area contributed by atoms with Gasteiger partial charge in [-0.25, -0.2) is 8.42 Å². The number of sulfone groups is 1. The molecule has 1 N–H and O–H groups in total. The van der Waals surface area contributed by atoms with Crippen LogP contribution in [0, 0.1) is 5.92 Å². The smallest absolute Gasteiger partial charge is 0.229 e. The third kappa shape index (κ3) is 4.85. The molecular formula is C22H26N2O4S. The summed E-state index contributed by atoms with van der Waals surface area (Å²) >= 11 is 0. The van der Waals surface area contributed by atoms with Gasteiger partial charge in [-0.1, -0.05) is 32.4 Å². The van der Waals surface area contributed by atoms with Gasteiger partial charge in [-0.2, -0.15) is 0 Å². The first-order valence-corrected chi connectivity index (χ1v) is 11.5. The van der Waals surface area contributed by atoms with Crippen LogP contribution in [0.3, 0.4) is 0 Å². The molecule has 1 atom stereocenters. The molecule has 6 nitrogen and oxygen atoms in total. The fourth-order valence-electron chi connectivity index (χ4n) is 3.42. The molecule has 2 aromatic carbocycles. The van der Waals surface area contributed by atoms with Crippen molar-refractivity contribution < 1.29 is 18.0 Å². The van der Waals surface area contributed by atoms with Crippen LogP contribution in [-0.2, 0) is 25.8 Å². The Kier molecular flexibility index (Phi) is 6.37. The van der Waals surface area contributed by atoms with Crippen LogP contribution in [0.15, 0.2) is 53.4 Å². The zero-order valence-corrected chi connectivity index (χ0v) is 17.5. The standard InChI is InChI=1S/C22H26N2O4S/c1-3-5-16-6-10-19(11-7-16)24-15-17(14-21(24)25)22(26)23-18-8-12-20(13-9-18)29(27,28)4-2/h6-13,17H,3-5,14-15H2,1-2H3,(H,23,26). The minimum absolute atomic E-state index is 0.0259. The number of benzene rings is 2. The van der Waals surface area contributed by atoms with Crippen LogP contribution in [0.25, 0.3) is 0 Å². The Bertz CT molecular complexity index is 982. The quantitative estimate of drug-likeness (QED) is 0.752. The normalized spacial score (nSPS) is 16.8. The maximum atomic E-state index is 12.6. The minimum Gasteiger partial charge on any atom is -0.326 e. The fraction of sp³-hybridized carbons (Fsp3) is 0.364. The number of aryl methyl sites for hydroxylation is 1. The van der Waals surface area contributed by atoms with Crippen LogP contribution in [0.4, 0.5) is 11.4 Å². The van der Waals surface area contributed by atoms with Gasteiger partial charge < -0.3 is 10.2 Å². The monoisotopic (exact) mass is 414 g/mol. The van der Waals surface area contributed by atoms with E-state index in [-0.39, 0.29) is 28.9 Å². The Morgan fingerprint density at radius 1 is 1.07 bits per heavy atom. The van der Waals surface area contributed by atoms with Crippen LogP contribution >= 0.6 is 0 Å².